The highest BCUT2D eigenvalue weighted by molar-refractivity contribution is 5.74. The molecular formula is C65H118O12. The topological polar surface area (TPSA) is 175 Å². The number of hydrogen-bond acceptors (Lipinski definition) is 11. The molecule has 450 valence electrons. The van der Waals surface area contributed by atoms with Crippen LogP contribution in [0, 0.1) is 0 Å². The molecule has 12 nitrogen and oxygen atoms in total. The monoisotopic (exact) mass is 1090 g/mol. The van der Waals surface area contributed by atoms with Crippen molar-refractivity contribution in [3.63, 3.8) is 0 Å². The first kappa shape index (κ1) is 72.2. The van der Waals surface area contributed by atoms with Crippen LogP contribution in [0.25, 0.3) is 0 Å². The molecule has 1 fully saturated rings. The number of carbonyl (C=O) groups is 4. The number of allylic oxidation sites excluding steroid dienone is 4. The molecular weight excluding hydrogens is 973 g/mol. The third kappa shape index (κ3) is 43.7. The summed E-state index contributed by atoms with van der Waals surface area (Å²) < 4.78 is 28.5. The summed E-state index contributed by atoms with van der Waals surface area (Å²) in [4.78, 5) is 51.2. The van der Waals surface area contributed by atoms with Gasteiger partial charge in [-0.15, -0.1) is 0 Å². The molecule has 3 N–H and O–H groups in total. The molecule has 0 aromatic rings. The number of ether oxygens (including phenoxy) is 5. The van der Waals surface area contributed by atoms with Gasteiger partial charge in [0.05, 0.1) is 6.61 Å². The van der Waals surface area contributed by atoms with Gasteiger partial charge >= 0.3 is 23.9 Å². The Kier molecular flexibility index (Phi) is 50.5. The lowest BCUT2D eigenvalue weighted by molar-refractivity contribution is -0.301. The predicted octanol–water partition coefficient (Wildman–Crippen LogP) is 17.0. The molecule has 0 aromatic carbocycles. The molecule has 0 amide bonds. The maximum absolute atomic E-state index is 13.1. The van der Waals surface area contributed by atoms with E-state index in [4.69, 9.17) is 23.7 Å². The van der Waals surface area contributed by atoms with Crippen molar-refractivity contribution in [3.8, 4) is 0 Å². The number of rotatable bonds is 56. The Labute approximate surface area is 470 Å². The minimum atomic E-state index is -1.90. The van der Waals surface area contributed by atoms with Crippen LogP contribution in [-0.4, -0.2) is 89.2 Å². The number of esters is 3. The lowest BCUT2D eigenvalue weighted by atomic mass is 9.98. The van der Waals surface area contributed by atoms with Crippen molar-refractivity contribution in [2.45, 2.75) is 353 Å². The van der Waals surface area contributed by atoms with Gasteiger partial charge in [-0.3, -0.25) is 14.4 Å². The fourth-order valence-electron chi connectivity index (χ4n) is 9.99. The Hall–Kier alpha value is -2.80. The van der Waals surface area contributed by atoms with Crippen molar-refractivity contribution >= 4 is 23.9 Å². The van der Waals surface area contributed by atoms with Gasteiger partial charge in [0.1, 0.15) is 18.8 Å². The van der Waals surface area contributed by atoms with Crippen molar-refractivity contribution in [1.82, 2.24) is 0 Å². The molecule has 0 spiro atoms. The van der Waals surface area contributed by atoms with Gasteiger partial charge in [-0.05, 0) is 64.2 Å². The van der Waals surface area contributed by atoms with Gasteiger partial charge in [-0.1, -0.05) is 257 Å². The van der Waals surface area contributed by atoms with E-state index in [2.05, 4.69) is 45.1 Å². The lowest BCUT2D eigenvalue weighted by Gasteiger charge is -2.40. The van der Waals surface area contributed by atoms with Gasteiger partial charge in [0, 0.05) is 19.3 Å². The number of aliphatic carboxylic acids is 1. The summed E-state index contributed by atoms with van der Waals surface area (Å²) in [5, 5.41) is 31.5. The van der Waals surface area contributed by atoms with E-state index in [1.54, 1.807) is 0 Å². The van der Waals surface area contributed by atoms with Crippen molar-refractivity contribution in [2.24, 2.45) is 0 Å². The molecule has 12 heteroatoms. The average molecular weight is 1090 g/mol. The van der Waals surface area contributed by atoms with Crippen LogP contribution in [-0.2, 0) is 42.9 Å². The molecule has 0 saturated carbocycles. The fraction of sp³-hybridized carbons (Fsp3) is 0.877. The summed E-state index contributed by atoms with van der Waals surface area (Å²) in [5.74, 6) is -3.10. The van der Waals surface area contributed by atoms with E-state index in [9.17, 15) is 34.5 Å². The highest BCUT2D eigenvalue weighted by Gasteiger charge is 2.50. The fourth-order valence-corrected chi connectivity index (χ4v) is 9.99. The van der Waals surface area contributed by atoms with Crippen molar-refractivity contribution in [3.05, 3.63) is 24.3 Å². The Morgan fingerprint density at radius 1 is 0.416 bits per heavy atom. The number of aliphatic hydroxyl groups is 2. The Balaban J connectivity index is 2.60. The first-order valence-electron chi connectivity index (χ1n) is 32.3. The van der Waals surface area contributed by atoms with Gasteiger partial charge in [-0.25, -0.2) is 4.79 Å². The minimum absolute atomic E-state index is 0.0620. The smallest absolute Gasteiger partial charge is 0.335 e. The first-order valence-corrected chi connectivity index (χ1v) is 32.3. The lowest BCUT2D eigenvalue weighted by Crippen LogP contribution is -2.61. The largest absolute Gasteiger partial charge is 0.479 e. The van der Waals surface area contributed by atoms with Crippen molar-refractivity contribution in [1.29, 1.82) is 0 Å². The zero-order valence-electron chi connectivity index (χ0n) is 49.7. The second-order valence-corrected chi connectivity index (χ2v) is 22.4. The highest BCUT2D eigenvalue weighted by atomic mass is 16.7. The zero-order valence-corrected chi connectivity index (χ0v) is 49.7. The summed E-state index contributed by atoms with van der Waals surface area (Å²) in [7, 11) is 0. The van der Waals surface area contributed by atoms with E-state index >= 15 is 0 Å². The third-order valence-electron chi connectivity index (χ3n) is 15.0. The number of unbranched alkanes of at least 4 members (excludes halogenated alkanes) is 38. The SMILES string of the molecule is CCCC/C=C\CCCCCCCC(=O)OC(COC(=O)CCCCCCCCCCCCCCCCCCC)COC1OC(C(=O)O)C(O)C(O)C1OC(=O)CCCCCCCCCCC/C=C\CCCCCCCC. The standard InChI is InChI=1S/C65H118O12/c1-4-7-10-13-16-19-22-24-26-28-29-31-33-35-38-41-44-47-50-53-59(68)76-63-61(70)60(69)62(64(71)72)77-65(63)74-55-56(75-58(67)52-49-46-43-40-36-21-18-15-12-9-6-3)54-73-57(66)51-48-45-42-39-37-34-32-30-27-25-23-20-17-14-11-8-5-2/h15,18,24,26,56,60-63,65,69-70H,4-14,16-17,19-23,25,27-55H2,1-3H3,(H,71,72)/b18-15-,26-24-. The second-order valence-electron chi connectivity index (χ2n) is 22.4. The van der Waals surface area contributed by atoms with E-state index < -0.39 is 67.3 Å². The van der Waals surface area contributed by atoms with E-state index in [-0.39, 0.29) is 25.9 Å². The van der Waals surface area contributed by atoms with E-state index in [1.807, 2.05) is 0 Å². The molecule has 1 aliphatic rings. The Bertz CT molecular complexity index is 1430. The molecule has 0 bridgehead atoms. The zero-order chi connectivity index (χ0) is 56.1. The van der Waals surface area contributed by atoms with Crippen LogP contribution in [0.1, 0.15) is 316 Å². The van der Waals surface area contributed by atoms with Crippen molar-refractivity contribution in [2.75, 3.05) is 13.2 Å². The van der Waals surface area contributed by atoms with E-state index in [1.165, 1.54) is 167 Å². The maximum Gasteiger partial charge on any atom is 0.335 e. The van der Waals surface area contributed by atoms with Gasteiger partial charge in [0.25, 0.3) is 0 Å². The quantitative estimate of drug-likeness (QED) is 0.0228. The molecule has 1 aliphatic heterocycles. The van der Waals surface area contributed by atoms with Gasteiger partial charge in [0.2, 0.25) is 0 Å². The summed E-state index contributed by atoms with van der Waals surface area (Å²) in [6.45, 7) is 5.99. The van der Waals surface area contributed by atoms with Crippen LogP contribution in [0.2, 0.25) is 0 Å². The molecule has 6 unspecified atom stereocenters. The van der Waals surface area contributed by atoms with Gasteiger partial charge < -0.3 is 39.0 Å². The Morgan fingerprint density at radius 3 is 1.14 bits per heavy atom. The highest BCUT2D eigenvalue weighted by Crippen LogP contribution is 2.27. The third-order valence-corrected chi connectivity index (χ3v) is 15.0. The van der Waals surface area contributed by atoms with Crippen LogP contribution < -0.4 is 0 Å². The molecule has 0 aromatic heterocycles. The maximum atomic E-state index is 13.1. The molecule has 1 heterocycles. The van der Waals surface area contributed by atoms with E-state index in [0.29, 0.717) is 19.3 Å². The summed E-state index contributed by atoms with van der Waals surface area (Å²) in [6, 6.07) is 0. The number of hydrogen-bond donors (Lipinski definition) is 3. The molecule has 1 saturated heterocycles. The number of carbonyl (C=O) groups excluding carboxylic acids is 3. The van der Waals surface area contributed by atoms with E-state index in [0.717, 1.165) is 89.9 Å². The van der Waals surface area contributed by atoms with Crippen LogP contribution in [0.4, 0.5) is 0 Å². The molecule has 6 atom stereocenters. The number of aliphatic hydroxyl groups excluding tert-OH is 2. The van der Waals surface area contributed by atoms with Crippen LogP contribution in [0.5, 0.6) is 0 Å². The van der Waals surface area contributed by atoms with Gasteiger partial charge in [0.15, 0.2) is 24.6 Å². The average Bonchev–Trinajstić information content (AvgIpc) is 3.41. The minimum Gasteiger partial charge on any atom is -0.479 e. The number of carboxylic acid groups (broad SMARTS) is 1. The summed E-state index contributed by atoms with van der Waals surface area (Å²) in [5.41, 5.74) is 0. The summed E-state index contributed by atoms with van der Waals surface area (Å²) in [6.07, 6.45) is 50.0. The van der Waals surface area contributed by atoms with Crippen LogP contribution in [0.15, 0.2) is 24.3 Å². The molecule has 77 heavy (non-hydrogen) atoms. The predicted molar refractivity (Wildman–Crippen MR) is 313 cm³/mol. The normalized spacial score (nSPS) is 18.1. The van der Waals surface area contributed by atoms with Crippen LogP contribution in [0.3, 0.4) is 0 Å². The molecule has 0 radical (unpaired) electrons. The second kappa shape index (κ2) is 53.8. The Morgan fingerprint density at radius 2 is 0.753 bits per heavy atom. The van der Waals surface area contributed by atoms with Gasteiger partial charge in [-0.2, -0.15) is 0 Å². The van der Waals surface area contributed by atoms with Crippen molar-refractivity contribution < 1.29 is 58.2 Å². The van der Waals surface area contributed by atoms with Crippen LogP contribution >= 0.6 is 0 Å². The summed E-state index contributed by atoms with van der Waals surface area (Å²) >= 11 is 0. The molecule has 1 rings (SSSR count). The number of carboxylic acids is 1. The molecule has 0 aliphatic carbocycles. The first-order chi connectivity index (χ1) is 37.6.